The molecule has 1 aromatic heterocycles. The van der Waals surface area contributed by atoms with E-state index in [2.05, 4.69) is 37.1 Å². The molecule has 3 heteroatoms. The van der Waals surface area contributed by atoms with Crippen LogP contribution in [0, 0.1) is 11.8 Å². The lowest BCUT2D eigenvalue weighted by atomic mass is 9.98. The van der Waals surface area contributed by atoms with Crippen molar-refractivity contribution in [3.8, 4) is 0 Å². The molecule has 3 N–H and O–H groups in total. The monoisotopic (exact) mass is 243 g/mol. The second-order valence-electron chi connectivity index (χ2n) is 5.20. The lowest BCUT2D eigenvalue weighted by Crippen LogP contribution is -2.16. The molecular weight excluding hydrogens is 222 g/mol. The zero-order chi connectivity index (χ0) is 13.1. The minimum atomic E-state index is 0.634. The molecule has 18 heavy (non-hydrogen) atoms. The van der Waals surface area contributed by atoms with Crippen molar-refractivity contribution < 1.29 is 0 Å². The summed E-state index contributed by atoms with van der Waals surface area (Å²) in [5, 5.41) is 4.59. The number of pyridine rings is 1. The summed E-state index contributed by atoms with van der Waals surface area (Å²) in [5.41, 5.74) is 8.65. The first kappa shape index (κ1) is 12.7. The molecule has 0 aliphatic rings. The number of rotatable bonds is 4. The summed E-state index contributed by atoms with van der Waals surface area (Å²) in [4.78, 5) is 4.34. The first-order chi connectivity index (χ1) is 8.59. The van der Waals surface area contributed by atoms with Crippen LogP contribution in [0.3, 0.4) is 0 Å². The van der Waals surface area contributed by atoms with E-state index in [1.54, 1.807) is 6.20 Å². The van der Waals surface area contributed by atoms with Crippen LogP contribution in [0.25, 0.3) is 10.9 Å². The number of hydrogen-bond acceptors (Lipinski definition) is 3. The molecule has 0 saturated carbocycles. The van der Waals surface area contributed by atoms with E-state index in [4.69, 9.17) is 5.73 Å². The average Bonchev–Trinajstić information content (AvgIpc) is 2.38. The van der Waals surface area contributed by atoms with Crippen LogP contribution in [-0.4, -0.2) is 11.5 Å². The lowest BCUT2D eigenvalue weighted by molar-refractivity contribution is 0.440. The van der Waals surface area contributed by atoms with Crippen LogP contribution < -0.4 is 11.1 Å². The predicted octanol–water partition coefficient (Wildman–Crippen LogP) is 3.52. The van der Waals surface area contributed by atoms with E-state index >= 15 is 0 Å². The number of nitrogens with two attached hydrogens (primary N) is 1. The van der Waals surface area contributed by atoms with Gasteiger partial charge in [0.15, 0.2) is 0 Å². The Morgan fingerprint density at radius 1 is 1.22 bits per heavy atom. The van der Waals surface area contributed by atoms with Crippen LogP contribution >= 0.6 is 0 Å². The molecule has 1 heterocycles. The van der Waals surface area contributed by atoms with Gasteiger partial charge in [0.2, 0.25) is 0 Å². The minimum Gasteiger partial charge on any atom is -0.397 e. The number of nitrogens with zero attached hydrogens (tertiary/aromatic N) is 1. The normalized spacial score (nSPS) is 12.9. The van der Waals surface area contributed by atoms with Gasteiger partial charge in [-0.1, -0.05) is 20.8 Å². The average molecular weight is 243 g/mol. The third-order valence-corrected chi connectivity index (χ3v) is 3.55. The fourth-order valence-electron chi connectivity index (χ4n) is 1.86. The van der Waals surface area contributed by atoms with Crippen molar-refractivity contribution in [2.45, 2.75) is 20.8 Å². The number of fused-ring (bicyclic) bond motifs is 1. The fourth-order valence-corrected chi connectivity index (χ4v) is 1.86. The summed E-state index contributed by atoms with van der Waals surface area (Å²) in [6, 6.07) is 7.95. The summed E-state index contributed by atoms with van der Waals surface area (Å²) in [6.45, 7) is 7.71. The molecule has 0 aliphatic carbocycles. The molecule has 1 atom stereocenters. The van der Waals surface area contributed by atoms with E-state index in [0.717, 1.165) is 28.8 Å². The van der Waals surface area contributed by atoms with Gasteiger partial charge in [0.25, 0.3) is 0 Å². The maximum atomic E-state index is 5.94. The molecule has 0 aliphatic heterocycles. The van der Waals surface area contributed by atoms with Crippen LogP contribution in [0.2, 0.25) is 0 Å². The number of benzene rings is 1. The molecule has 3 nitrogen and oxygen atoms in total. The van der Waals surface area contributed by atoms with Crippen molar-refractivity contribution >= 4 is 22.3 Å². The van der Waals surface area contributed by atoms with E-state index < -0.39 is 0 Å². The molecule has 96 valence electrons. The van der Waals surface area contributed by atoms with Crippen LogP contribution in [-0.2, 0) is 0 Å². The number of anilines is 2. The van der Waals surface area contributed by atoms with Crippen LogP contribution in [0.4, 0.5) is 11.4 Å². The van der Waals surface area contributed by atoms with Gasteiger partial charge in [-0.2, -0.15) is 0 Å². The molecule has 0 spiro atoms. The lowest BCUT2D eigenvalue weighted by Gasteiger charge is -2.18. The number of nitrogen functional groups attached to an aromatic ring is 1. The molecule has 0 saturated heterocycles. The summed E-state index contributed by atoms with van der Waals surface area (Å²) < 4.78 is 0. The molecule has 2 aromatic rings. The minimum absolute atomic E-state index is 0.634. The Kier molecular flexibility index (Phi) is 3.70. The summed E-state index contributed by atoms with van der Waals surface area (Å²) in [5.74, 6) is 1.31. The van der Waals surface area contributed by atoms with Gasteiger partial charge in [-0.15, -0.1) is 0 Å². The maximum absolute atomic E-state index is 5.94. The van der Waals surface area contributed by atoms with Gasteiger partial charge in [-0.05, 0) is 36.1 Å². The highest BCUT2D eigenvalue weighted by molar-refractivity contribution is 5.98. The van der Waals surface area contributed by atoms with Crippen molar-refractivity contribution in [2.24, 2.45) is 11.8 Å². The molecule has 0 bridgehead atoms. The van der Waals surface area contributed by atoms with Crippen molar-refractivity contribution in [3.63, 3.8) is 0 Å². The molecule has 0 radical (unpaired) electrons. The number of hydrogen-bond donors (Lipinski definition) is 2. The summed E-state index contributed by atoms with van der Waals surface area (Å²) in [6.07, 6.45) is 1.78. The van der Waals surface area contributed by atoms with Crippen LogP contribution in [0.15, 0.2) is 30.5 Å². The summed E-state index contributed by atoms with van der Waals surface area (Å²) >= 11 is 0. The summed E-state index contributed by atoms with van der Waals surface area (Å²) in [7, 11) is 0. The smallest absolute Gasteiger partial charge is 0.0951 e. The van der Waals surface area contributed by atoms with Gasteiger partial charge in [0.05, 0.1) is 11.2 Å². The number of aromatic nitrogens is 1. The third kappa shape index (κ3) is 2.55. The Bertz CT molecular complexity index is 534. The zero-order valence-electron chi connectivity index (χ0n) is 11.3. The van der Waals surface area contributed by atoms with E-state index in [9.17, 15) is 0 Å². The third-order valence-electron chi connectivity index (χ3n) is 3.55. The fraction of sp³-hybridized carbons (Fsp3) is 0.400. The van der Waals surface area contributed by atoms with Gasteiger partial charge in [-0.25, -0.2) is 0 Å². The van der Waals surface area contributed by atoms with Crippen molar-refractivity contribution in [2.75, 3.05) is 17.6 Å². The predicted molar refractivity (Wildman–Crippen MR) is 78.6 cm³/mol. The number of nitrogens with one attached hydrogen (secondary N) is 1. The standard InChI is InChI=1S/C15H21N3/c1-10(2)11(3)9-18-14-7-6-13(16)15-12(14)5-4-8-17-15/h4-8,10-11,18H,9,16H2,1-3H3. The highest BCUT2D eigenvalue weighted by atomic mass is 14.9. The van der Waals surface area contributed by atoms with Crippen LogP contribution in [0.1, 0.15) is 20.8 Å². The van der Waals surface area contributed by atoms with Crippen molar-refractivity contribution in [1.82, 2.24) is 4.98 Å². The molecule has 0 amide bonds. The van der Waals surface area contributed by atoms with E-state index in [1.807, 2.05) is 18.2 Å². The van der Waals surface area contributed by atoms with Gasteiger partial charge < -0.3 is 11.1 Å². The zero-order valence-corrected chi connectivity index (χ0v) is 11.3. The van der Waals surface area contributed by atoms with Gasteiger partial charge in [0.1, 0.15) is 0 Å². The van der Waals surface area contributed by atoms with E-state index in [0.29, 0.717) is 11.8 Å². The SMILES string of the molecule is CC(C)C(C)CNc1ccc(N)c2ncccc12. The molecule has 0 fully saturated rings. The molecular formula is C15H21N3. The largest absolute Gasteiger partial charge is 0.397 e. The Labute approximate surface area is 108 Å². The van der Waals surface area contributed by atoms with Gasteiger partial charge in [-0.3, -0.25) is 4.98 Å². The van der Waals surface area contributed by atoms with Gasteiger partial charge >= 0.3 is 0 Å². The second-order valence-corrected chi connectivity index (χ2v) is 5.20. The highest BCUT2D eigenvalue weighted by Crippen LogP contribution is 2.26. The highest BCUT2D eigenvalue weighted by Gasteiger charge is 2.09. The molecule has 2 rings (SSSR count). The first-order valence-electron chi connectivity index (χ1n) is 6.46. The maximum Gasteiger partial charge on any atom is 0.0951 e. The quantitative estimate of drug-likeness (QED) is 0.808. The Morgan fingerprint density at radius 2 is 2.00 bits per heavy atom. The Hall–Kier alpha value is -1.77. The molecule has 1 aromatic carbocycles. The van der Waals surface area contributed by atoms with Gasteiger partial charge in [0, 0.05) is 23.8 Å². The van der Waals surface area contributed by atoms with E-state index in [-0.39, 0.29) is 0 Å². The topological polar surface area (TPSA) is 50.9 Å². The Morgan fingerprint density at radius 3 is 2.72 bits per heavy atom. The first-order valence-corrected chi connectivity index (χ1v) is 6.46. The van der Waals surface area contributed by atoms with Crippen molar-refractivity contribution in [3.05, 3.63) is 30.5 Å². The van der Waals surface area contributed by atoms with Crippen molar-refractivity contribution in [1.29, 1.82) is 0 Å². The molecule has 1 unspecified atom stereocenters. The Balaban J connectivity index is 2.26. The second kappa shape index (κ2) is 5.25. The van der Waals surface area contributed by atoms with Crippen LogP contribution in [0.5, 0.6) is 0 Å². The van der Waals surface area contributed by atoms with E-state index in [1.165, 1.54) is 0 Å².